The first-order valence-corrected chi connectivity index (χ1v) is 12.7. The number of piperidine rings is 1. The van der Waals surface area contributed by atoms with Crippen molar-refractivity contribution in [1.29, 1.82) is 0 Å². The van der Waals surface area contributed by atoms with Gasteiger partial charge in [-0.2, -0.15) is 5.10 Å². The molecule has 0 radical (unpaired) electrons. The van der Waals surface area contributed by atoms with Crippen molar-refractivity contribution in [3.05, 3.63) is 30.5 Å². The van der Waals surface area contributed by atoms with Crippen molar-refractivity contribution in [2.75, 3.05) is 56.2 Å². The Hall–Kier alpha value is -3.24. The molecule has 10 heteroatoms. The number of anilines is 2. The third kappa shape index (κ3) is 4.94. The second-order valence-electron chi connectivity index (χ2n) is 9.63. The number of benzene rings is 1. The van der Waals surface area contributed by atoms with Crippen LogP contribution in [0, 0.1) is 5.92 Å². The maximum Gasteiger partial charge on any atom is 0.319 e. The highest BCUT2D eigenvalue weighted by atomic mass is 16.5. The van der Waals surface area contributed by atoms with Crippen molar-refractivity contribution in [3.8, 4) is 11.4 Å². The lowest BCUT2D eigenvalue weighted by Gasteiger charge is -2.28. The SMILES string of the molecule is O=C(NCC1CC1)Nc1ccc(-c2nc(N3CCOCC3)c3cnn(C4CCNCC4)c3n2)cc1. The van der Waals surface area contributed by atoms with Gasteiger partial charge in [-0.05, 0) is 69.0 Å². The molecule has 0 bridgehead atoms. The first-order valence-electron chi connectivity index (χ1n) is 12.7. The minimum Gasteiger partial charge on any atom is -0.378 e. The van der Waals surface area contributed by atoms with Crippen LogP contribution in [0.2, 0.25) is 0 Å². The summed E-state index contributed by atoms with van der Waals surface area (Å²) in [5, 5.41) is 15.0. The topological polar surface area (TPSA) is 109 Å². The fourth-order valence-corrected chi connectivity index (χ4v) is 4.81. The van der Waals surface area contributed by atoms with Crippen LogP contribution in [0.1, 0.15) is 31.7 Å². The van der Waals surface area contributed by atoms with E-state index in [-0.39, 0.29) is 6.03 Å². The van der Waals surface area contributed by atoms with Crippen LogP contribution < -0.4 is 20.9 Å². The van der Waals surface area contributed by atoms with Crippen molar-refractivity contribution in [2.24, 2.45) is 5.92 Å². The minimum absolute atomic E-state index is 0.164. The molecule has 2 aromatic heterocycles. The first-order chi connectivity index (χ1) is 17.2. The van der Waals surface area contributed by atoms with Gasteiger partial charge < -0.3 is 25.6 Å². The van der Waals surface area contributed by atoms with Crippen LogP contribution in [0.4, 0.5) is 16.3 Å². The van der Waals surface area contributed by atoms with Crippen LogP contribution in [-0.2, 0) is 4.74 Å². The van der Waals surface area contributed by atoms with E-state index < -0.39 is 0 Å². The number of amides is 2. The maximum atomic E-state index is 12.1. The molecule has 0 atom stereocenters. The predicted octanol–water partition coefficient (Wildman–Crippen LogP) is 2.79. The largest absolute Gasteiger partial charge is 0.378 e. The van der Waals surface area contributed by atoms with E-state index in [4.69, 9.17) is 19.8 Å². The Labute approximate surface area is 204 Å². The van der Waals surface area contributed by atoms with E-state index >= 15 is 0 Å². The zero-order valence-corrected chi connectivity index (χ0v) is 19.9. The summed E-state index contributed by atoms with van der Waals surface area (Å²) in [5.74, 6) is 2.23. The number of carbonyl (C=O) groups is 1. The highest BCUT2D eigenvalue weighted by Crippen LogP contribution is 2.31. The number of hydrogen-bond donors (Lipinski definition) is 3. The van der Waals surface area contributed by atoms with E-state index in [1.54, 1.807) is 0 Å². The van der Waals surface area contributed by atoms with Crippen molar-refractivity contribution in [3.63, 3.8) is 0 Å². The molecule has 0 spiro atoms. The number of aromatic nitrogens is 4. The van der Waals surface area contributed by atoms with E-state index in [9.17, 15) is 4.79 Å². The van der Waals surface area contributed by atoms with Crippen molar-refractivity contribution < 1.29 is 9.53 Å². The molecule has 6 rings (SSSR count). The van der Waals surface area contributed by atoms with Crippen LogP contribution in [0.5, 0.6) is 0 Å². The lowest BCUT2D eigenvalue weighted by Crippen LogP contribution is -2.37. The Bertz CT molecular complexity index is 1180. The summed E-state index contributed by atoms with van der Waals surface area (Å²) in [7, 11) is 0. The number of hydrogen-bond acceptors (Lipinski definition) is 7. The minimum atomic E-state index is -0.164. The lowest BCUT2D eigenvalue weighted by molar-refractivity contribution is 0.122. The number of carbonyl (C=O) groups excluding carboxylic acids is 1. The van der Waals surface area contributed by atoms with Gasteiger partial charge >= 0.3 is 6.03 Å². The summed E-state index contributed by atoms with van der Waals surface area (Å²) in [6, 6.07) is 7.89. The summed E-state index contributed by atoms with van der Waals surface area (Å²) in [6.45, 7) is 5.68. The van der Waals surface area contributed by atoms with Crippen molar-refractivity contribution in [2.45, 2.75) is 31.7 Å². The number of nitrogens with one attached hydrogen (secondary N) is 3. The Morgan fingerprint density at radius 2 is 1.83 bits per heavy atom. The monoisotopic (exact) mass is 476 g/mol. The molecule has 4 heterocycles. The van der Waals surface area contributed by atoms with Crippen LogP contribution in [0.15, 0.2) is 30.5 Å². The van der Waals surface area contributed by atoms with Gasteiger partial charge in [-0.3, -0.25) is 0 Å². The Balaban J connectivity index is 1.30. The van der Waals surface area contributed by atoms with Crippen LogP contribution in [-0.4, -0.2) is 71.7 Å². The maximum absolute atomic E-state index is 12.1. The van der Waals surface area contributed by atoms with Crippen molar-refractivity contribution in [1.82, 2.24) is 30.4 Å². The van der Waals surface area contributed by atoms with Gasteiger partial charge in [0.15, 0.2) is 11.5 Å². The predicted molar refractivity (Wildman–Crippen MR) is 135 cm³/mol. The third-order valence-electron chi connectivity index (χ3n) is 7.05. The lowest BCUT2D eigenvalue weighted by atomic mass is 10.1. The fourth-order valence-electron chi connectivity index (χ4n) is 4.81. The van der Waals surface area contributed by atoms with E-state index in [0.29, 0.717) is 31.0 Å². The molecule has 1 aromatic carbocycles. The molecular weight excluding hydrogens is 444 g/mol. The molecule has 3 aromatic rings. The molecule has 3 fully saturated rings. The van der Waals surface area contributed by atoms with E-state index in [0.717, 1.165) is 73.7 Å². The molecule has 10 nitrogen and oxygen atoms in total. The quantitative estimate of drug-likeness (QED) is 0.502. The summed E-state index contributed by atoms with van der Waals surface area (Å²) in [5.41, 5.74) is 2.53. The normalized spacial score (nSPS) is 19.1. The van der Waals surface area contributed by atoms with Gasteiger partial charge in [0.25, 0.3) is 0 Å². The summed E-state index contributed by atoms with van der Waals surface area (Å²) in [6.07, 6.45) is 6.40. The molecule has 3 N–H and O–H groups in total. The Morgan fingerprint density at radius 1 is 1.06 bits per heavy atom. The number of ether oxygens (including phenoxy) is 1. The third-order valence-corrected chi connectivity index (χ3v) is 7.05. The number of morpholine rings is 1. The molecule has 3 aliphatic rings. The second kappa shape index (κ2) is 9.79. The summed E-state index contributed by atoms with van der Waals surface area (Å²) >= 11 is 0. The second-order valence-corrected chi connectivity index (χ2v) is 9.63. The molecule has 1 saturated carbocycles. The highest BCUT2D eigenvalue weighted by molar-refractivity contribution is 5.90. The fraction of sp³-hybridized carbons (Fsp3) is 0.520. The first kappa shape index (κ1) is 22.2. The average molecular weight is 477 g/mol. The average Bonchev–Trinajstić information content (AvgIpc) is 3.65. The van der Waals surface area contributed by atoms with Gasteiger partial charge in [0.05, 0.1) is 30.8 Å². The van der Waals surface area contributed by atoms with E-state index in [1.165, 1.54) is 12.8 Å². The van der Waals surface area contributed by atoms with Crippen LogP contribution in [0.25, 0.3) is 22.4 Å². The van der Waals surface area contributed by atoms with Gasteiger partial charge in [-0.15, -0.1) is 0 Å². The highest BCUT2D eigenvalue weighted by Gasteiger charge is 2.24. The molecular formula is C25H32N8O2. The van der Waals surface area contributed by atoms with Gasteiger partial charge in [0.1, 0.15) is 5.82 Å². The molecule has 35 heavy (non-hydrogen) atoms. The molecule has 2 aliphatic heterocycles. The smallest absolute Gasteiger partial charge is 0.319 e. The zero-order chi connectivity index (χ0) is 23.6. The van der Waals surface area contributed by atoms with Gasteiger partial charge in [0.2, 0.25) is 0 Å². The van der Waals surface area contributed by atoms with Crippen molar-refractivity contribution >= 4 is 28.6 Å². The van der Waals surface area contributed by atoms with Crippen LogP contribution in [0.3, 0.4) is 0 Å². The number of fused-ring (bicyclic) bond motifs is 1. The van der Waals surface area contributed by atoms with Gasteiger partial charge in [-0.1, -0.05) is 0 Å². The summed E-state index contributed by atoms with van der Waals surface area (Å²) in [4.78, 5) is 24.4. The zero-order valence-electron chi connectivity index (χ0n) is 19.9. The molecule has 1 aliphatic carbocycles. The van der Waals surface area contributed by atoms with E-state index in [2.05, 4.69) is 25.5 Å². The Kier molecular flexibility index (Phi) is 6.22. The number of nitrogens with zero attached hydrogens (tertiary/aromatic N) is 5. The summed E-state index contributed by atoms with van der Waals surface area (Å²) < 4.78 is 7.66. The van der Waals surface area contributed by atoms with Gasteiger partial charge in [0, 0.05) is 30.9 Å². The van der Waals surface area contributed by atoms with Crippen LogP contribution >= 0.6 is 0 Å². The Morgan fingerprint density at radius 3 is 2.57 bits per heavy atom. The molecule has 2 saturated heterocycles. The van der Waals surface area contributed by atoms with Gasteiger partial charge in [-0.25, -0.2) is 19.4 Å². The molecule has 184 valence electrons. The molecule has 2 amide bonds. The standard InChI is InChI=1S/C25H32N8O2/c34-25(27-15-17-1-2-17)29-19-5-3-18(4-6-19)22-30-23(32-11-13-35-14-12-32)21-16-28-33(24(21)31-22)20-7-9-26-10-8-20/h3-6,16-17,20,26H,1-2,7-15H2,(H2,27,29,34). The molecule has 0 unspecified atom stereocenters. The number of urea groups is 1. The van der Waals surface area contributed by atoms with E-state index in [1.807, 2.05) is 30.5 Å². The number of rotatable bonds is 6.